The van der Waals surface area contributed by atoms with Crippen LogP contribution in [0.15, 0.2) is 42.7 Å². The predicted molar refractivity (Wildman–Crippen MR) is 117 cm³/mol. The summed E-state index contributed by atoms with van der Waals surface area (Å²) >= 11 is 0. The van der Waals surface area contributed by atoms with Gasteiger partial charge in [0.25, 0.3) is 0 Å². The van der Waals surface area contributed by atoms with Crippen molar-refractivity contribution in [3.63, 3.8) is 0 Å². The van der Waals surface area contributed by atoms with Gasteiger partial charge >= 0.3 is 0 Å². The van der Waals surface area contributed by atoms with Gasteiger partial charge in [0.1, 0.15) is 5.82 Å². The zero-order chi connectivity index (χ0) is 18.1. The van der Waals surface area contributed by atoms with Crippen LogP contribution in [0.5, 0.6) is 0 Å². The second-order valence-corrected chi connectivity index (χ2v) is 7.09. The molecule has 1 fully saturated rings. The van der Waals surface area contributed by atoms with Crippen molar-refractivity contribution in [3.05, 3.63) is 65.5 Å². The van der Waals surface area contributed by atoms with E-state index in [1.165, 1.54) is 5.56 Å². The van der Waals surface area contributed by atoms with E-state index in [4.69, 9.17) is 0 Å². The lowest BCUT2D eigenvalue weighted by Crippen LogP contribution is -2.46. The fraction of sp³-hybridized carbons (Fsp3) is 0.400. The van der Waals surface area contributed by atoms with Crippen LogP contribution in [0.4, 0.5) is 0 Å². The molecule has 6 nitrogen and oxygen atoms in total. The molecule has 0 spiro atoms. The van der Waals surface area contributed by atoms with Crippen molar-refractivity contribution in [2.75, 3.05) is 19.6 Å². The molecule has 0 radical (unpaired) electrons. The second kappa shape index (κ2) is 9.56. The summed E-state index contributed by atoms with van der Waals surface area (Å²) in [6.45, 7) is 8.03. The molecular weight excluding hydrogens is 395 g/mol. The molecule has 3 heterocycles. The fourth-order valence-corrected chi connectivity index (χ4v) is 3.76. The maximum Gasteiger partial charge on any atom is 0.127 e. The molecule has 152 valence electrons. The first-order valence-corrected chi connectivity index (χ1v) is 9.16. The average Bonchev–Trinajstić information content (AvgIpc) is 3.21. The smallest absolute Gasteiger partial charge is 0.127 e. The monoisotopic (exact) mass is 422 g/mol. The van der Waals surface area contributed by atoms with Gasteiger partial charge < -0.3 is 9.88 Å². The summed E-state index contributed by atoms with van der Waals surface area (Å²) in [5, 5.41) is 8.07. The number of imidazole rings is 1. The Hall–Kier alpha value is -1.86. The summed E-state index contributed by atoms with van der Waals surface area (Å²) < 4.78 is 4.12. The van der Waals surface area contributed by atoms with Crippen molar-refractivity contribution in [1.82, 2.24) is 29.5 Å². The average molecular weight is 423 g/mol. The van der Waals surface area contributed by atoms with E-state index in [0.29, 0.717) is 6.04 Å². The van der Waals surface area contributed by atoms with Crippen LogP contribution in [0.25, 0.3) is 5.69 Å². The molecule has 1 unspecified atom stereocenters. The SMILES string of the molecule is Cc1cc(C)n(-c2ccc(CN3CCNCC3c3nccn3C)cc2)n1.Cl.Cl. The molecule has 1 atom stereocenters. The van der Waals surface area contributed by atoms with E-state index < -0.39 is 0 Å². The Morgan fingerprint density at radius 2 is 1.89 bits per heavy atom. The van der Waals surface area contributed by atoms with E-state index in [0.717, 1.165) is 49.1 Å². The fourth-order valence-electron chi connectivity index (χ4n) is 3.76. The number of halogens is 2. The van der Waals surface area contributed by atoms with E-state index in [1.807, 2.05) is 24.0 Å². The van der Waals surface area contributed by atoms with Gasteiger partial charge in [-0.25, -0.2) is 9.67 Å². The molecular formula is C20H28Cl2N6. The van der Waals surface area contributed by atoms with Gasteiger partial charge in [-0.2, -0.15) is 5.10 Å². The second-order valence-electron chi connectivity index (χ2n) is 7.09. The van der Waals surface area contributed by atoms with Gasteiger partial charge in [0, 0.05) is 51.3 Å². The maximum atomic E-state index is 4.57. The highest BCUT2D eigenvalue weighted by Gasteiger charge is 2.26. The summed E-state index contributed by atoms with van der Waals surface area (Å²) in [7, 11) is 2.07. The van der Waals surface area contributed by atoms with Gasteiger partial charge in [-0.3, -0.25) is 4.90 Å². The highest BCUT2D eigenvalue weighted by molar-refractivity contribution is 5.85. The van der Waals surface area contributed by atoms with Crippen LogP contribution >= 0.6 is 24.8 Å². The molecule has 28 heavy (non-hydrogen) atoms. The van der Waals surface area contributed by atoms with Crippen molar-refractivity contribution < 1.29 is 0 Å². The largest absolute Gasteiger partial charge is 0.337 e. The number of aromatic nitrogens is 4. The Kier molecular flexibility index (Phi) is 7.66. The summed E-state index contributed by atoms with van der Waals surface area (Å²) in [6, 6.07) is 11.2. The molecule has 1 saturated heterocycles. The van der Waals surface area contributed by atoms with E-state index >= 15 is 0 Å². The lowest BCUT2D eigenvalue weighted by atomic mass is 10.1. The molecule has 8 heteroatoms. The highest BCUT2D eigenvalue weighted by atomic mass is 35.5. The van der Waals surface area contributed by atoms with Crippen LogP contribution in [0.2, 0.25) is 0 Å². The van der Waals surface area contributed by atoms with Crippen LogP contribution in [0.1, 0.15) is 28.8 Å². The Morgan fingerprint density at radius 3 is 2.50 bits per heavy atom. The minimum absolute atomic E-state index is 0. The van der Waals surface area contributed by atoms with Crippen molar-refractivity contribution in [2.45, 2.75) is 26.4 Å². The van der Waals surface area contributed by atoms with Crippen molar-refractivity contribution in [3.8, 4) is 5.69 Å². The number of nitrogens with zero attached hydrogens (tertiary/aromatic N) is 5. The molecule has 2 aromatic heterocycles. The predicted octanol–water partition coefficient (Wildman–Crippen LogP) is 3.21. The quantitative estimate of drug-likeness (QED) is 0.700. The van der Waals surface area contributed by atoms with Gasteiger partial charge in [-0.1, -0.05) is 12.1 Å². The van der Waals surface area contributed by atoms with E-state index in [-0.39, 0.29) is 24.8 Å². The molecule has 0 aliphatic carbocycles. The maximum absolute atomic E-state index is 4.57. The van der Waals surface area contributed by atoms with E-state index in [1.54, 1.807) is 0 Å². The minimum Gasteiger partial charge on any atom is -0.337 e. The number of aryl methyl sites for hydroxylation is 3. The summed E-state index contributed by atoms with van der Waals surface area (Å²) in [5.41, 5.74) is 4.63. The third-order valence-electron chi connectivity index (χ3n) is 5.09. The van der Waals surface area contributed by atoms with Crippen molar-refractivity contribution >= 4 is 24.8 Å². The Bertz CT molecular complexity index is 886. The number of hydrogen-bond acceptors (Lipinski definition) is 4. The molecule has 1 N–H and O–H groups in total. The summed E-state index contributed by atoms with van der Waals surface area (Å²) in [5.74, 6) is 1.12. The lowest BCUT2D eigenvalue weighted by molar-refractivity contribution is 0.145. The van der Waals surface area contributed by atoms with Crippen LogP contribution < -0.4 is 5.32 Å². The first-order valence-electron chi connectivity index (χ1n) is 9.16. The standard InChI is InChI=1S/C20H26N6.2ClH/c1-15-12-16(2)26(23-15)18-6-4-17(5-7-18)14-25-11-8-21-13-19(25)20-22-9-10-24(20)3;;/h4-7,9-10,12,19,21H,8,11,13-14H2,1-3H3;2*1H. The van der Waals surface area contributed by atoms with Crippen LogP contribution in [0.3, 0.4) is 0 Å². The zero-order valence-electron chi connectivity index (χ0n) is 16.5. The van der Waals surface area contributed by atoms with E-state index in [2.05, 4.69) is 69.2 Å². The molecule has 0 bridgehead atoms. The highest BCUT2D eigenvalue weighted by Crippen LogP contribution is 2.23. The molecule has 1 aromatic carbocycles. The van der Waals surface area contributed by atoms with Gasteiger partial charge in [0.2, 0.25) is 0 Å². The van der Waals surface area contributed by atoms with E-state index in [9.17, 15) is 0 Å². The number of rotatable bonds is 4. The third-order valence-corrected chi connectivity index (χ3v) is 5.09. The number of benzene rings is 1. The molecule has 3 aromatic rings. The normalized spacial score (nSPS) is 17.0. The van der Waals surface area contributed by atoms with Crippen LogP contribution in [0, 0.1) is 13.8 Å². The summed E-state index contributed by atoms with van der Waals surface area (Å²) in [6.07, 6.45) is 3.90. The number of piperazine rings is 1. The minimum atomic E-state index is 0. The first-order chi connectivity index (χ1) is 12.6. The van der Waals surface area contributed by atoms with Gasteiger partial charge in [0.05, 0.1) is 17.4 Å². The zero-order valence-corrected chi connectivity index (χ0v) is 18.1. The Balaban J connectivity index is 0.00000140. The van der Waals surface area contributed by atoms with Crippen molar-refractivity contribution in [2.24, 2.45) is 7.05 Å². The van der Waals surface area contributed by atoms with Gasteiger partial charge in [-0.15, -0.1) is 24.8 Å². The van der Waals surface area contributed by atoms with Crippen LogP contribution in [-0.2, 0) is 13.6 Å². The third kappa shape index (κ3) is 4.58. The molecule has 4 rings (SSSR count). The summed E-state index contributed by atoms with van der Waals surface area (Å²) in [4.78, 5) is 7.08. The first kappa shape index (κ1) is 22.4. The molecule has 0 saturated carbocycles. The molecule has 0 amide bonds. The molecule has 1 aliphatic heterocycles. The Morgan fingerprint density at radius 1 is 1.14 bits per heavy atom. The topological polar surface area (TPSA) is 50.9 Å². The van der Waals surface area contributed by atoms with Crippen LogP contribution in [-0.4, -0.2) is 43.9 Å². The molecule has 1 aliphatic rings. The van der Waals surface area contributed by atoms with Crippen molar-refractivity contribution in [1.29, 1.82) is 0 Å². The Labute approximate surface area is 178 Å². The van der Waals surface area contributed by atoms with Gasteiger partial charge in [-0.05, 0) is 37.6 Å². The van der Waals surface area contributed by atoms with Gasteiger partial charge in [0.15, 0.2) is 0 Å². The lowest BCUT2D eigenvalue weighted by Gasteiger charge is -2.35. The number of nitrogens with one attached hydrogen (secondary N) is 1. The number of hydrogen-bond donors (Lipinski definition) is 1.